The third kappa shape index (κ3) is 4.85. The van der Waals surface area contributed by atoms with Crippen LogP contribution < -0.4 is 0 Å². The first-order valence-corrected chi connectivity index (χ1v) is 5.85. The fourth-order valence-corrected chi connectivity index (χ4v) is 2.12. The predicted octanol–water partition coefficient (Wildman–Crippen LogP) is 7.33. The van der Waals surface area contributed by atoms with Crippen molar-refractivity contribution >= 4 is 0 Å². The van der Waals surface area contributed by atoms with E-state index in [0.29, 0.717) is 5.92 Å². The van der Waals surface area contributed by atoms with Gasteiger partial charge in [0.25, 0.3) is 0 Å². The van der Waals surface area contributed by atoms with Gasteiger partial charge in [-0.2, -0.15) is 0 Å². The number of hydrogen-bond acceptors (Lipinski definition) is 0. The normalized spacial score (nSPS) is 8.60. The summed E-state index contributed by atoms with van der Waals surface area (Å²) in [6.45, 7) is 6.67. The molecule has 0 aromatic heterocycles. The molecule has 0 atom stereocenters. The average Bonchev–Trinajstić information content (AvgIpc) is 2.29. The molecule has 0 heterocycles. The van der Waals surface area contributed by atoms with Gasteiger partial charge in [-0.15, -0.1) is 0 Å². The first kappa shape index (κ1) is 23.5. The molecule has 114 valence electrons. The Bertz CT molecular complexity index is 481. The van der Waals surface area contributed by atoms with Crippen molar-refractivity contribution in [3.8, 4) is 11.1 Å². The van der Waals surface area contributed by atoms with Gasteiger partial charge in [-0.3, -0.25) is 0 Å². The Morgan fingerprint density at radius 2 is 1.10 bits per heavy atom. The Hall–Kier alpha value is -1.56. The summed E-state index contributed by atoms with van der Waals surface area (Å²) >= 11 is 0. The van der Waals surface area contributed by atoms with Gasteiger partial charge in [0.1, 0.15) is 0 Å². The minimum Gasteiger partial charge on any atom is -0.0776 e. The highest BCUT2D eigenvalue weighted by molar-refractivity contribution is 5.70. The summed E-state index contributed by atoms with van der Waals surface area (Å²) in [5.41, 5.74) is 5.50. The third-order valence-electron chi connectivity index (χ3n) is 3.02. The highest BCUT2D eigenvalue weighted by atomic mass is 14.1. The SMILES string of the molecule is C.C.C.C.Cc1ccccc1-c1ccccc1C(C)C. The van der Waals surface area contributed by atoms with Crippen LogP contribution >= 0.6 is 0 Å². The van der Waals surface area contributed by atoms with Crippen LogP contribution in [0.2, 0.25) is 0 Å². The van der Waals surface area contributed by atoms with Crippen LogP contribution in [0.5, 0.6) is 0 Å². The Morgan fingerprint density at radius 3 is 1.60 bits per heavy atom. The standard InChI is InChI=1S/C16H18.4CH4/c1-12(2)14-9-6-7-11-16(14)15-10-5-4-8-13(15)3;;;;/h4-12H,1-3H3;4*1H4. The van der Waals surface area contributed by atoms with Crippen LogP contribution in [-0.2, 0) is 0 Å². The van der Waals surface area contributed by atoms with E-state index in [1.807, 2.05) is 0 Å². The topological polar surface area (TPSA) is 0 Å². The Balaban J connectivity index is -0.000000722. The van der Waals surface area contributed by atoms with Gasteiger partial charge in [-0.05, 0) is 35.1 Å². The molecule has 0 fully saturated rings. The van der Waals surface area contributed by atoms with E-state index in [9.17, 15) is 0 Å². The van der Waals surface area contributed by atoms with Crippen molar-refractivity contribution in [1.29, 1.82) is 0 Å². The summed E-state index contributed by atoms with van der Waals surface area (Å²) in [5, 5.41) is 0. The van der Waals surface area contributed by atoms with Gasteiger partial charge in [0, 0.05) is 0 Å². The van der Waals surface area contributed by atoms with Crippen LogP contribution in [0.3, 0.4) is 0 Å². The van der Waals surface area contributed by atoms with Crippen LogP contribution in [0.25, 0.3) is 11.1 Å². The molecule has 0 amide bonds. The van der Waals surface area contributed by atoms with E-state index >= 15 is 0 Å². The van der Waals surface area contributed by atoms with Crippen molar-refractivity contribution in [3.05, 3.63) is 59.7 Å². The lowest BCUT2D eigenvalue weighted by Crippen LogP contribution is -1.93. The van der Waals surface area contributed by atoms with E-state index in [1.54, 1.807) is 0 Å². The van der Waals surface area contributed by atoms with E-state index in [-0.39, 0.29) is 29.7 Å². The molecule has 0 saturated carbocycles. The largest absolute Gasteiger partial charge is 0.0776 e. The molecular weight excluding hydrogens is 240 g/mol. The molecule has 2 aromatic carbocycles. The second-order valence-corrected chi connectivity index (χ2v) is 4.56. The van der Waals surface area contributed by atoms with Crippen LogP contribution in [0, 0.1) is 6.92 Å². The molecule has 0 spiro atoms. The summed E-state index contributed by atoms with van der Waals surface area (Å²) in [5.74, 6) is 0.566. The number of hydrogen-bond donors (Lipinski definition) is 0. The lowest BCUT2D eigenvalue weighted by molar-refractivity contribution is 0.869. The number of rotatable bonds is 2. The first-order chi connectivity index (χ1) is 7.70. The van der Waals surface area contributed by atoms with Gasteiger partial charge >= 0.3 is 0 Å². The molecule has 0 heteroatoms. The van der Waals surface area contributed by atoms with E-state index in [4.69, 9.17) is 0 Å². The van der Waals surface area contributed by atoms with Crippen molar-refractivity contribution in [2.75, 3.05) is 0 Å². The molecule has 0 radical (unpaired) electrons. The summed E-state index contributed by atoms with van der Waals surface area (Å²) in [6, 6.07) is 17.3. The molecule has 0 unspecified atom stereocenters. The van der Waals surface area contributed by atoms with E-state index in [2.05, 4.69) is 69.3 Å². The van der Waals surface area contributed by atoms with Crippen molar-refractivity contribution in [3.63, 3.8) is 0 Å². The molecule has 0 aliphatic rings. The van der Waals surface area contributed by atoms with E-state index in [0.717, 1.165) is 0 Å². The highest BCUT2D eigenvalue weighted by Crippen LogP contribution is 2.30. The quantitative estimate of drug-likeness (QED) is 0.537. The number of benzene rings is 2. The molecule has 20 heavy (non-hydrogen) atoms. The monoisotopic (exact) mass is 274 g/mol. The maximum Gasteiger partial charge on any atom is -0.0147 e. The minimum absolute atomic E-state index is 0. The highest BCUT2D eigenvalue weighted by Gasteiger charge is 2.08. The molecule has 0 saturated heterocycles. The molecule has 2 aromatic rings. The van der Waals surface area contributed by atoms with Crippen LogP contribution in [0.15, 0.2) is 48.5 Å². The molecule has 2 rings (SSSR count). The summed E-state index contributed by atoms with van der Waals surface area (Å²) in [4.78, 5) is 0. The molecule has 0 nitrogen and oxygen atoms in total. The van der Waals surface area contributed by atoms with Gasteiger partial charge in [0.05, 0.1) is 0 Å². The Kier molecular flexibility index (Phi) is 12.1. The summed E-state index contributed by atoms with van der Waals surface area (Å²) in [7, 11) is 0. The lowest BCUT2D eigenvalue weighted by Gasteiger charge is -2.14. The second-order valence-electron chi connectivity index (χ2n) is 4.56. The van der Waals surface area contributed by atoms with Crippen molar-refractivity contribution in [2.45, 2.75) is 56.4 Å². The van der Waals surface area contributed by atoms with Gasteiger partial charge in [-0.25, -0.2) is 0 Å². The zero-order chi connectivity index (χ0) is 11.5. The van der Waals surface area contributed by atoms with Gasteiger partial charge in [-0.1, -0.05) is 92.1 Å². The van der Waals surface area contributed by atoms with Crippen LogP contribution in [-0.4, -0.2) is 0 Å². The van der Waals surface area contributed by atoms with Crippen molar-refractivity contribution < 1.29 is 0 Å². The Labute approximate surface area is 127 Å². The lowest BCUT2D eigenvalue weighted by atomic mass is 9.91. The third-order valence-corrected chi connectivity index (χ3v) is 3.02. The maximum absolute atomic E-state index is 2.25. The minimum atomic E-state index is 0. The summed E-state index contributed by atoms with van der Waals surface area (Å²) in [6.07, 6.45) is 0. The molecule has 0 aliphatic carbocycles. The zero-order valence-corrected chi connectivity index (χ0v) is 10.2. The molecule has 0 bridgehead atoms. The second kappa shape index (κ2) is 10.3. The molecular formula is C20H34. The predicted molar refractivity (Wildman–Crippen MR) is 97.6 cm³/mol. The fraction of sp³-hybridized carbons (Fsp3) is 0.400. The van der Waals surface area contributed by atoms with Crippen LogP contribution in [0.4, 0.5) is 0 Å². The van der Waals surface area contributed by atoms with Gasteiger partial charge in [0.2, 0.25) is 0 Å². The van der Waals surface area contributed by atoms with Crippen LogP contribution in [0.1, 0.15) is 60.6 Å². The van der Waals surface area contributed by atoms with Crippen molar-refractivity contribution in [2.24, 2.45) is 0 Å². The first-order valence-electron chi connectivity index (χ1n) is 5.85. The van der Waals surface area contributed by atoms with E-state index < -0.39 is 0 Å². The average molecular weight is 274 g/mol. The Morgan fingerprint density at radius 1 is 0.650 bits per heavy atom. The summed E-state index contributed by atoms with van der Waals surface area (Å²) < 4.78 is 0. The number of aryl methyl sites for hydroxylation is 1. The smallest absolute Gasteiger partial charge is 0.0147 e. The molecule has 0 aliphatic heterocycles. The van der Waals surface area contributed by atoms with Crippen molar-refractivity contribution in [1.82, 2.24) is 0 Å². The zero-order valence-electron chi connectivity index (χ0n) is 10.2. The van der Waals surface area contributed by atoms with Gasteiger partial charge in [0.15, 0.2) is 0 Å². The maximum atomic E-state index is 2.25. The molecule has 0 N–H and O–H groups in total. The van der Waals surface area contributed by atoms with E-state index in [1.165, 1.54) is 22.3 Å². The van der Waals surface area contributed by atoms with Gasteiger partial charge < -0.3 is 0 Å². The fourth-order valence-electron chi connectivity index (χ4n) is 2.12.